The van der Waals surface area contributed by atoms with E-state index in [1.807, 2.05) is 0 Å². The number of carbonyl (C=O) groups is 2. The van der Waals surface area contributed by atoms with Crippen molar-refractivity contribution >= 4 is 23.2 Å². The molecule has 0 spiro atoms. The van der Waals surface area contributed by atoms with E-state index in [2.05, 4.69) is 11.8 Å². The number of rotatable bonds is 2. The van der Waals surface area contributed by atoms with Gasteiger partial charge in [0.15, 0.2) is 23.4 Å². The fraction of sp³-hybridized carbons (Fsp3) is 0.316. The molecular weight excluding hydrogens is 354 g/mol. The Bertz CT molecular complexity index is 1040. The molecule has 1 aliphatic heterocycles. The van der Waals surface area contributed by atoms with Crippen molar-refractivity contribution < 1.29 is 28.6 Å². The molecular formula is C19H17NO7. The SMILES string of the molecule is COc1cc2c(C)c(C#CC(=O)N3CCOCC3)c(=O)oc2c(C=O)c1O. The average molecular weight is 371 g/mol. The predicted molar refractivity (Wildman–Crippen MR) is 95.1 cm³/mol. The minimum absolute atomic E-state index is 0.00806. The van der Waals surface area contributed by atoms with E-state index in [0.29, 0.717) is 43.5 Å². The van der Waals surface area contributed by atoms with Gasteiger partial charge in [-0.25, -0.2) is 4.79 Å². The highest BCUT2D eigenvalue weighted by molar-refractivity contribution is 6.01. The Morgan fingerprint density at radius 1 is 1.37 bits per heavy atom. The second-order valence-corrected chi connectivity index (χ2v) is 5.88. The van der Waals surface area contributed by atoms with Crippen molar-refractivity contribution in [3.63, 3.8) is 0 Å². The van der Waals surface area contributed by atoms with Gasteiger partial charge in [0, 0.05) is 24.4 Å². The van der Waals surface area contributed by atoms with Crippen molar-refractivity contribution in [3.05, 3.63) is 33.2 Å². The van der Waals surface area contributed by atoms with Gasteiger partial charge in [-0.1, -0.05) is 0 Å². The summed E-state index contributed by atoms with van der Waals surface area (Å²) in [6.07, 6.45) is 0.385. The number of hydrogen-bond acceptors (Lipinski definition) is 7. The number of hydrogen-bond donors (Lipinski definition) is 1. The highest BCUT2D eigenvalue weighted by atomic mass is 16.5. The van der Waals surface area contributed by atoms with Gasteiger partial charge in [-0.2, -0.15) is 0 Å². The first kappa shape index (κ1) is 18.5. The lowest BCUT2D eigenvalue weighted by Gasteiger charge is -2.24. The van der Waals surface area contributed by atoms with Crippen LogP contribution >= 0.6 is 0 Å². The molecule has 2 aromatic rings. The van der Waals surface area contributed by atoms with E-state index in [9.17, 15) is 19.5 Å². The maximum atomic E-state index is 12.3. The fourth-order valence-corrected chi connectivity index (χ4v) is 2.84. The molecule has 1 N–H and O–H groups in total. The number of phenolic OH excluding ortho intramolecular Hbond substituents is 1. The molecule has 140 valence electrons. The highest BCUT2D eigenvalue weighted by Gasteiger charge is 2.20. The lowest BCUT2D eigenvalue weighted by Crippen LogP contribution is -2.40. The van der Waals surface area contributed by atoms with Gasteiger partial charge in [-0.05, 0) is 24.5 Å². The monoisotopic (exact) mass is 371 g/mol. The van der Waals surface area contributed by atoms with Crippen molar-refractivity contribution in [1.82, 2.24) is 4.90 Å². The van der Waals surface area contributed by atoms with Crippen molar-refractivity contribution in [2.75, 3.05) is 33.4 Å². The van der Waals surface area contributed by atoms with Crippen molar-refractivity contribution in [1.29, 1.82) is 0 Å². The van der Waals surface area contributed by atoms with Gasteiger partial charge in [0.1, 0.15) is 11.1 Å². The van der Waals surface area contributed by atoms with E-state index >= 15 is 0 Å². The number of fused-ring (bicyclic) bond motifs is 1. The van der Waals surface area contributed by atoms with E-state index in [1.54, 1.807) is 11.8 Å². The van der Waals surface area contributed by atoms with Gasteiger partial charge in [0.2, 0.25) is 0 Å². The lowest BCUT2D eigenvalue weighted by molar-refractivity contribution is -0.129. The molecule has 0 radical (unpaired) electrons. The minimum atomic E-state index is -0.796. The Kier molecular flexibility index (Phi) is 5.14. The van der Waals surface area contributed by atoms with Gasteiger partial charge in [-0.15, -0.1) is 0 Å². The summed E-state index contributed by atoms with van der Waals surface area (Å²) in [5.41, 5.74) is -0.613. The van der Waals surface area contributed by atoms with Gasteiger partial charge >= 0.3 is 5.63 Å². The van der Waals surface area contributed by atoms with E-state index in [0.717, 1.165) is 0 Å². The number of amides is 1. The summed E-state index contributed by atoms with van der Waals surface area (Å²) in [6.45, 7) is 3.40. The summed E-state index contributed by atoms with van der Waals surface area (Å²) in [5, 5.41) is 10.4. The zero-order chi connectivity index (χ0) is 19.6. The van der Waals surface area contributed by atoms with Crippen molar-refractivity contribution in [3.8, 4) is 23.3 Å². The number of phenols is 1. The molecule has 1 saturated heterocycles. The molecule has 1 aromatic carbocycles. The molecule has 1 amide bonds. The lowest BCUT2D eigenvalue weighted by atomic mass is 10.0. The molecule has 1 aliphatic rings. The Morgan fingerprint density at radius 2 is 2.07 bits per heavy atom. The second kappa shape index (κ2) is 7.51. The number of methoxy groups -OCH3 is 1. The van der Waals surface area contributed by atoms with Crippen LogP contribution in [0.4, 0.5) is 0 Å². The summed E-state index contributed by atoms with van der Waals surface area (Å²) < 4.78 is 15.4. The van der Waals surface area contributed by atoms with Crippen LogP contribution in [0.2, 0.25) is 0 Å². The number of benzene rings is 1. The smallest absolute Gasteiger partial charge is 0.352 e. The Hall–Kier alpha value is -3.31. The Balaban J connectivity index is 2.11. The largest absolute Gasteiger partial charge is 0.504 e. The molecule has 2 heterocycles. The molecule has 0 saturated carbocycles. The summed E-state index contributed by atoms with van der Waals surface area (Å²) in [6, 6.07) is 1.45. The van der Waals surface area contributed by atoms with Crippen molar-refractivity contribution in [2.24, 2.45) is 0 Å². The topological polar surface area (TPSA) is 106 Å². The number of aryl methyl sites for hydroxylation is 1. The van der Waals surface area contributed by atoms with Crippen LogP contribution in [0.25, 0.3) is 11.0 Å². The van der Waals surface area contributed by atoms with Gasteiger partial charge in [0.05, 0.1) is 20.3 Å². The molecule has 1 fully saturated rings. The predicted octanol–water partition coefficient (Wildman–Crippen LogP) is 0.838. The number of ether oxygens (including phenoxy) is 2. The van der Waals surface area contributed by atoms with Crippen LogP contribution in [0.1, 0.15) is 21.5 Å². The molecule has 0 bridgehead atoms. The van der Waals surface area contributed by atoms with Crippen LogP contribution in [0.3, 0.4) is 0 Å². The van der Waals surface area contributed by atoms with Crippen LogP contribution in [0, 0.1) is 18.8 Å². The first-order valence-electron chi connectivity index (χ1n) is 8.19. The zero-order valence-electron chi connectivity index (χ0n) is 14.8. The average Bonchev–Trinajstić information content (AvgIpc) is 2.68. The van der Waals surface area contributed by atoms with E-state index < -0.39 is 17.3 Å². The number of aromatic hydroxyl groups is 1. The summed E-state index contributed by atoms with van der Waals surface area (Å²) in [5.74, 6) is 4.27. The van der Waals surface area contributed by atoms with Crippen LogP contribution in [0.15, 0.2) is 15.3 Å². The molecule has 0 atom stereocenters. The summed E-state index contributed by atoms with van der Waals surface area (Å²) >= 11 is 0. The molecule has 0 aliphatic carbocycles. The van der Waals surface area contributed by atoms with Crippen LogP contribution in [-0.4, -0.2) is 55.6 Å². The van der Waals surface area contributed by atoms with Gasteiger partial charge in [0.25, 0.3) is 5.91 Å². The standard InChI is InChI=1S/C19H17NO7/c1-11-12(3-4-16(22)20-5-7-26-8-6-20)19(24)27-18-13(11)9-15(25-2)17(23)14(18)10-21/h9-10,23H,5-8H2,1-2H3. The van der Waals surface area contributed by atoms with E-state index in [1.165, 1.54) is 13.2 Å². The summed E-state index contributed by atoms with van der Waals surface area (Å²) in [7, 11) is 1.34. The zero-order valence-corrected chi connectivity index (χ0v) is 14.8. The maximum absolute atomic E-state index is 12.3. The third-order valence-corrected chi connectivity index (χ3v) is 4.36. The first-order valence-corrected chi connectivity index (χ1v) is 8.19. The molecule has 8 nitrogen and oxygen atoms in total. The quantitative estimate of drug-likeness (QED) is 0.474. The Labute approximate surface area is 154 Å². The van der Waals surface area contributed by atoms with Gasteiger partial charge in [-0.3, -0.25) is 9.59 Å². The normalized spacial score (nSPS) is 13.8. The molecule has 8 heteroatoms. The Morgan fingerprint density at radius 3 is 2.70 bits per heavy atom. The van der Waals surface area contributed by atoms with Crippen molar-refractivity contribution in [2.45, 2.75) is 6.92 Å². The van der Waals surface area contributed by atoms with Crippen LogP contribution < -0.4 is 10.4 Å². The highest BCUT2D eigenvalue weighted by Crippen LogP contribution is 2.36. The number of morpholine rings is 1. The minimum Gasteiger partial charge on any atom is -0.504 e. The number of carbonyl (C=O) groups excluding carboxylic acids is 2. The molecule has 3 rings (SSSR count). The third-order valence-electron chi connectivity index (χ3n) is 4.36. The molecule has 0 unspecified atom stereocenters. The summed E-state index contributed by atoms with van der Waals surface area (Å²) in [4.78, 5) is 37.4. The van der Waals surface area contributed by atoms with Gasteiger partial charge < -0.3 is 23.9 Å². The number of nitrogens with zero attached hydrogens (tertiary/aromatic N) is 1. The second-order valence-electron chi connectivity index (χ2n) is 5.88. The maximum Gasteiger partial charge on any atom is 0.352 e. The fourth-order valence-electron chi connectivity index (χ4n) is 2.84. The first-order chi connectivity index (χ1) is 13.0. The van der Waals surface area contributed by atoms with Crippen LogP contribution in [0.5, 0.6) is 11.5 Å². The van der Waals surface area contributed by atoms with Crippen LogP contribution in [-0.2, 0) is 9.53 Å². The van der Waals surface area contributed by atoms with E-state index in [-0.39, 0.29) is 22.5 Å². The third kappa shape index (κ3) is 3.37. The number of aldehydes is 1. The van der Waals surface area contributed by atoms with E-state index in [4.69, 9.17) is 13.9 Å². The molecule has 1 aromatic heterocycles. The molecule has 27 heavy (non-hydrogen) atoms.